The molecule has 29 heavy (non-hydrogen) atoms. The van der Waals surface area contributed by atoms with Crippen LogP contribution in [0.2, 0.25) is 5.02 Å². The smallest absolute Gasteiger partial charge is 0.234 e. The van der Waals surface area contributed by atoms with E-state index < -0.39 is 0 Å². The van der Waals surface area contributed by atoms with E-state index in [0.29, 0.717) is 28.2 Å². The van der Waals surface area contributed by atoms with Crippen molar-refractivity contribution in [1.82, 2.24) is 14.8 Å². The van der Waals surface area contributed by atoms with E-state index in [4.69, 9.17) is 16.3 Å². The molecule has 0 atom stereocenters. The van der Waals surface area contributed by atoms with Crippen molar-refractivity contribution in [2.45, 2.75) is 25.2 Å². The molecular formula is C21H21ClN4O2S. The first-order valence-corrected chi connectivity index (χ1v) is 10.3. The van der Waals surface area contributed by atoms with Crippen molar-refractivity contribution in [2.75, 3.05) is 11.1 Å². The predicted molar refractivity (Wildman–Crippen MR) is 117 cm³/mol. The van der Waals surface area contributed by atoms with Crippen molar-refractivity contribution in [3.8, 4) is 5.75 Å². The number of nitrogens with zero attached hydrogens (tertiary/aromatic N) is 3. The molecule has 0 radical (unpaired) electrons. The highest BCUT2D eigenvalue weighted by atomic mass is 35.5. The lowest BCUT2D eigenvalue weighted by atomic mass is 10.2. The van der Waals surface area contributed by atoms with Gasteiger partial charge in [0.25, 0.3) is 0 Å². The molecular weight excluding hydrogens is 408 g/mol. The molecule has 0 unspecified atom stereocenters. The standard InChI is InChI=1S/C21H21ClN4O2S/c1-3-10-26-19(13-28-18-9-4-6-15(2)11-18)24-25-21(26)29-14-20(27)23-17-8-5-7-16(22)12-17/h3-9,11-12H,1,10,13-14H2,2H3,(H,23,27). The number of thioether (sulfide) groups is 1. The molecule has 0 aliphatic heterocycles. The van der Waals surface area contributed by atoms with Crippen LogP contribution >= 0.6 is 23.4 Å². The topological polar surface area (TPSA) is 69.0 Å². The lowest BCUT2D eigenvalue weighted by molar-refractivity contribution is -0.113. The Labute approximate surface area is 178 Å². The van der Waals surface area contributed by atoms with Crippen molar-refractivity contribution in [2.24, 2.45) is 0 Å². The number of hydrogen-bond acceptors (Lipinski definition) is 5. The molecule has 0 aliphatic rings. The molecule has 8 heteroatoms. The number of halogens is 1. The minimum atomic E-state index is -0.150. The Hall–Kier alpha value is -2.77. The molecule has 2 aromatic carbocycles. The largest absolute Gasteiger partial charge is 0.486 e. The van der Waals surface area contributed by atoms with Gasteiger partial charge in [0.15, 0.2) is 11.0 Å². The average molecular weight is 429 g/mol. The zero-order valence-electron chi connectivity index (χ0n) is 16.0. The van der Waals surface area contributed by atoms with Crippen molar-refractivity contribution < 1.29 is 9.53 Å². The zero-order valence-corrected chi connectivity index (χ0v) is 17.5. The van der Waals surface area contributed by atoms with E-state index in [1.165, 1.54) is 11.8 Å². The number of hydrogen-bond donors (Lipinski definition) is 1. The van der Waals surface area contributed by atoms with Crippen molar-refractivity contribution in [1.29, 1.82) is 0 Å². The Kier molecular flexibility index (Phi) is 7.32. The monoisotopic (exact) mass is 428 g/mol. The van der Waals surface area contributed by atoms with Crippen LogP contribution in [-0.2, 0) is 17.9 Å². The number of ether oxygens (including phenoxy) is 1. The Morgan fingerprint density at radius 3 is 2.86 bits per heavy atom. The summed E-state index contributed by atoms with van der Waals surface area (Å²) in [7, 11) is 0. The van der Waals surface area contributed by atoms with Crippen molar-refractivity contribution in [3.05, 3.63) is 77.6 Å². The number of carbonyl (C=O) groups excluding carboxylic acids is 1. The summed E-state index contributed by atoms with van der Waals surface area (Å²) < 4.78 is 7.72. The van der Waals surface area contributed by atoms with Crippen LogP contribution in [-0.4, -0.2) is 26.4 Å². The predicted octanol–water partition coefficient (Wildman–Crippen LogP) is 4.74. The van der Waals surface area contributed by atoms with Crippen LogP contribution in [0.5, 0.6) is 5.75 Å². The molecule has 0 saturated carbocycles. The van der Waals surface area contributed by atoms with Gasteiger partial charge in [-0.2, -0.15) is 0 Å². The summed E-state index contributed by atoms with van der Waals surface area (Å²) >= 11 is 7.25. The maximum atomic E-state index is 12.2. The Bertz CT molecular complexity index is 1010. The number of rotatable bonds is 9. The molecule has 0 bridgehead atoms. The highest BCUT2D eigenvalue weighted by Crippen LogP contribution is 2.20. The van der Waals surface area contributed by atoms with Gasteiger partial charge in [-0.1, -0.05) is 47.6 Å². The summed E-state index contributed by atoms with van der Waals surface area (Å²) in [4.78, 5) is 12.2. The fourth-order valence-electron chi connectivity index (χ4n) is 2.59. The van der Waals surface area contributed by atoms with E-state index in [0.717, 1.165) is 11.3 Å². The van der Waals surface area contributed by atoms with Crippen LogP contribution in [0.3, 0.4) is 0 Å². The number of allylic oxidation sites excluding steroid dienone is 1. The van der Waals surface area contributed by atoms with Crippen LogP contribution in [0.1, 0.15) is 11.4 Å². The quantitative estimate of drug-likeness (QED) is 0.394. The fourth-order valence-corrected chi connectivity index (χ4v) is 3.55. The number of carbonyl (C=O) groups is 1. The van der Waals surface area contributed by atoms with Gasteiger partial charge in [0, 0.05) is 17.3 Å². The summed E-state index contributed by atoms with van der Waals surface area (Å²) in [6, 6.07) is 14.8. The third-order valence-electron chi connectivity index (χ3n) is 3.90. The van der Waals surface area contributed by atoms with E-state index in [1.807, 2.05) is 35.8 Å². The van der Waals surface area contributed by atoms with E-state index in [1.54, 1.807) is 30.3 Å². The molecule has 0 spiro atoms. The maximum absolute atomic E-state index is 12.2. The summed E-state index contributed by atoms with van der Waals surface area (Å²) in [5.41, 5.74) is 1.78. The fraction of sp³-hybridized carbons (Fsp3) is 0.190. The van der Waals surface area contributed by atoms with E-state index in [9.17, 15) is 4.79 Å². The van der Waals surface area contributed by atoms with Gasteiger partial charge in [-0.15, -0.1) is 16.8 Å². The molecule has 1 N–H and O–H groups in total. The molecule has 1 amide bonds. The molecule has 0 aliphatic carbocycles. The second-order valence-corrected chi connectivity index (χ2v) is 7.63. The maximum Gasteiger partial charge on any atom is 0.234 e. The number of benzene rings is 2. The molecule has 6 nitrogen and oxygen atoms in total. The molecule has 0 fully saturated rings. The molecule has 3 rings (SSSR count). The summed E-state index contributed by atoms with van der Waals surface area (Å²) in [6.45, 7) is 6.60. The molecule has 0 saturated heterocycles. The Balaban J connectivity index is 1.61. The van der Waals surface area contributed by atoms with E-state index >= 15 is 0 Å². The molecule has 150 valence electrons. The van der Waals surface area contributed by atoms with Crippen LogP contribution in [0, 0.1) is 6.92 Å². The van der Waals surface area contributed by atoms with Gasteiger partial charge >= 0.3 is 0 Å². The second kappa shape index (κ2) is 10.1. The number of anilines is 1. The normalized spacial score (nSPS) is 10.6. The lowest BCUT2D eigenvalue weighted by Crippen LogP contribution is -2.15. The minimum absolute atomic E-state index is 0.150. The third-order valence-corrected chi connectivity index (χ3v) is 5.11. The Morgan fingerprint density at radius 1 is 1.28 bits per heavy atom. The molecule has 1 heterocycles. The van der Waals surface area contributed by atoms with Gasteiger partial charge in [0.1, 0.15) is 12.4 Å². The van der Waals surface area contributed by atoms with Crippen LogP contribution in [0.15, 0.2) is 66.3 Å². The number of aryl methyl sites for hydroxylation is 1. The average Bonchev–Trinajstić information content (AvgIpc) is 3.07. The van der Waals surface area contributed by atoms with Crippen molar-refractivity contribution in [3.63, 3.8) is 0 Å². The SMILES string of the molecule is C=CCn1c(COc2cccc(C)c2)nnc1SCC(=O)Nc1cccc(Cl)c1. The number of nitrogens with one attached hydrogen (secondary N) is 1. The van der Waals surface area contributed by atoms with Gasteiger partial charge < -0.3 is 10.1 Å². The van der Waals surface area contributed by atoms with Crippen molar-refractivity contribution >= 4 is 35.0 Å². The summed E-state index contributed by atoms with van der Waals surface area (Å²) in [5.74, 6) is 1.49. The van der Waals surface area contributed by atoms with Gasteiger partial charge in [-0.25, -0.2) is 0 Å². The van der Waals surface area contributed by atoms with Crippen LogP contribution < -0.4 is 10.1 Å². The first-order chi connectivity index (χ1) is 14.0. The van der Waals surface area contributed by atoms with Gasteiger partial charge in [0.05, 0.1) is 5.75 Å². The van der Waals surface area contributed by atoms with Gasteiger partial charge in [0.2, 0.25) is 5.91 Å². The first-order valence-electron chi connectivity index (χ1n) is 8.96. The highest BCUT2D eigenvalue weighted by Gasteiger charge is 2.14. The van der Waals surface area contributed by atoms with E-state index in [2.05, 4.69) is 22.1 Å². The van der Waals surface area contributed by atoms with Crippen LogP contribution in [0.4, 0.5) is 5.69 Å². The first kappa shape index (κ1) is 21.0. The molecule has 3 aromatic rings. The second-order valence-electron chi connectivity index (χ2n) is 6.25. The Morgan fingerprint density at radius 2 is 2.10 bits per heavy atom. The van der Waals surface area contributed by atoms with E-state index in [-0.39, 0.29) is 18.3 Å². The molecule has 1 aromatic heterocycles. The van der Waals surface area contributed by atoms with Crippen LogP contribution in [0.25, 0.3) is 0 Å². The van der Waals surface area contributed by atoms with Gasteiger partial charge in [-0.3, -0.25) is 9.36 Å². The zero-order chi connectivity index (χ0) is 20.6. The highest BCUT2D eigenvalue weighted by molar-refractivity contribution is 7.99. The van der Waals surface area contributed by atoms with Gasteiger partial charge in [-0.05, 0) is 42.8 Å². The number of aromatic nitrogens is 3. The third kappa shape index (κ3) is 6.10. The summed E-state index contributed by atoms with van der Waals surface area (Å²) in [6.07, 6.45) is 1.76. The minimum Gasteiger partial charge on any atom is -0.486 e. The number of amides is 1. The summed E-state index contributed by atoms with van der Waals surface area (Å²) in [5, 5.41) is 12.4. The lowest BCUT2D eigenvalue weighted by Gasteiger charge is -2.10.